The van der Waals surface area contributed by atoms with Crippen molar-refractivity contribution in [2.75, 3.05) is 5.32 Å². The molecule has 1 fully saturated rings. The van der Waals surface area contributed by atoms with E-state index in [2.05, 4.69) is 29.1 Å². The van der Waals surface area contributed by atoms with Gasteiger partial charge in [0.25, 0.3) is 0 Å². The number of hydrogen-bond acceptors (Lipinski definition) is 3. The Balaban J connectivity index is 1.67. The van der Waals surface area contributed by atoms with Crippen molar-refractivity contribution in [2.24, 2.45) is 11.8 Å². The minimum absolute atomic E-state index is 0.551. The molecule has 0 bridgehead atoms. The number of aromatic nitrogens is 2. The first-order valence-corrected chi connectivity index (χ1v) is 7.84. The maximum atomic E-state index is 4.48. The fourth-order valence-corrected chi connectivity index (χ4v) is 3.44. The summed E-state index contributed by atoms with van der Waals surface area (Å²) in [6, 6.07) is 10.6. The quantitative estimate of drug-likeness (QED) is 0.907. The zero-order valence-electron chi connectivity index (χ0n) is 12.8. The Morgan fingerprint density at radius 2 is 1.52 bits per heavy atom. The van der Waals surface area contributed by atoms with E-state index in [4.69, 9.17) is 0 Å². The van der Waals surface area contributed by atoms with E-state index in [1.54, 1.807) is 0 Å². The zero-order valence-corrected chi connectivity index (χ0v) is 12.8. The van der Waals surface area contributed by atoms with Crippen LogP contribution in [0.15, 0.2) is 42.7 Å². The molecule has 2 unspecified atom stereocenters. The van der Waals surface area contributed by atoms with Crippen molar-refractivity contribution in [3.63, 3.8) is 0 Å². The lowest BCUT2D eigenvalue weighted by atomic mass is 9.80. The summed E-state index contributed by atoms with van der Waals surface area (Å²) in [5.41, 5.74) is 2.09. The Labute approximate surface area is 126 Å². The molecule has 3 rings (SSSR count). The van der Waals surface area contributed by atoms with E-state index in [-0.39, 0.29) is 0 Å². The first kappa shape index (κ1) is 14.1. The summed E-state index contributed by atoms with van der Waals surface area (Å²) < 4.78 is 0. The maximum absolute atomic E-state index is 4.48. The highest BCUT2D eigenvalue weighted by atomic mass is 15.0. The number of nitrogens with one attached hydrogen (secondary N) is 1. The molecule has 110 valence electrons. The second kappa shape index (κ2) is 6.25. The molecule has 21 heavy (non-hydrogen) atoms. The van der Waals surface area contributed by atoms with Gasteiger partial charge in [0.1, 0.15) is 0 Å². The highest BCUT2D eigenvalue weighted by molar-refractivity contribution is 5.55. The van der Waals surface area contributed by atoms with Crippen molar-refractivity contribution in [1.82, 2.24) is 9.97 Å². The molecule has 0 radical (unpaired) electrons. The van der Waals surface area contributed by atoms with E-state index in [0.29, 0.717) is 6.04 Å². The number of hydrogen-bond donors (Lipinski definition) is 1. The molecule has 0 aliphatic heterocycles. The molecule has 3 nitrogen and oxygen atoms in total. The SMILES string of the molecule is CC1CC(C)CC(Nc2cnc(-c3ccccc3)nc2)C1. The minimum atomic E-state index is 0.551. The fourth-order valence-electron chi connectivity index (χ4n) is 3.44. The van der Waals surface area contributed by atoms with E-state index in [1.807, 2.05) is 42.7 Å². The smallest absolute Gasteiger partial charge is 0.159 e. The van der Waals surface area contributed by atoms with Crippen LogP contribution < -0.4 is 5.32 Å². The predicted octanol–water partition coefficient (Wildman–Crippen LogP) is 4.38. The Morgan fingerprint density at radius 1 is 0.905 bits per heavy atom. The molecule has 2 aromatic rings. The van der Waals surface area contributed by atoms with Crippen LogP contribution in [0, 0.1) is 11.8 Å². The van der Waals surface area contributed by atoms with E-state index >= 15 is 0 Å². The topological polar surface area (TPSA) is 37.8 Å². The van der Waals surface area contributed by atoms with Crippen LogP contribution in [0.4, 0.5) is 5.69 Å². The highest BCUT2D eigenvalue weighted by Gasteiger charge is 2.23. The number of benzene rings is 1. The predicted molar refractivity (Wildman–Crippen MR) is 87.1 cm³/mol. The average molecular weight is 281 g/mol. The molecule has 1 saturated carbocycles. The van der Waals surface area contributed by atoms with Gasteiger partial charge in [-0.25, -0.2) is 9.97 Å². The maximum Gasteiger partial charge on any atom is 0.159 e. The van der Waals surface area contributed by atoms with Gasteiger partial charge in [-0.15, -0.1) is 0 Å². The third-order valence-corrected chi connectivity index (χ3v) is 4.23. The van der Waals surface area contributed by atoms with Crippen molar-refractivity contribution in [1.29, 1.82) is 0 Å². The van der Waals surface area contributed by atoms with Crippen LogP contribution in [0.2, 0.25) is 0 Å². The van der Waals surface area contributed by atoms with Gasteiger partial charge >= 0.3 is 0 Å². The van der Waals surface area contributed by atoms with Crippen LogP contribution in [-0.2, 0) is 0 Å². The average Bonchev–Trinajstić information content (AvgIpc) is 2.48. The lowest BCUT2D eigenvalue weighted by molar-refractivity contribution is 0.281. The van der Waals surface area contributed by atoms with Gasteiger partial charge in [-0.05, 0) is 31.1 Å². The number of rotatable bonds is 3. The van der Waals surface area contributed by atoms with Crippen LogP contribution in [0.1, 0.15) is 33.1 Å². The molecule has 1 aromatic carbocycles. The fraction of sp³-hybridized carbons (Fsp3) is 0.444. The Morgan fingerprint density at radius 3 is 2.14 bits per heavy atom. The summed E-state index contributed by atoms with van der Waals surface area (Å²) in [6.45, 7) is 4.69. The molecule has 1 N–H and O–H groups in total. The summed E-state index contributed by atoms with van der Waals surface area (Å²) in [7, 11) is 0. The lowest BCUT2D eigenvalue weighted by Crippen LogP contribution is -2.30. The number of nitrogens with zero attached hydrogens (tertiary/aromatic N) is 2. The molecule has 3 heteroatoms. The summed E-state index contributed by atoms with van der Waals surface area (Å²) in [5.74, 6) is 2.39. The Hall–Kier alpha value is -1.90. The third-order valence-electron chi connectivity index (χ3n) is 4.23. The second-order valence-corrected chi connectivity index (χ2v) is 6.42. The molecular formula is C18H23N3. The lowest BCUT2D eigenvalue weighted by Gasteiger charge is -2.32. The minimum Gasteiger partial charge on any atom is -0.380 e. The summed E-state index contributed by atoms with van der Waals surface area (Å²) in [6.07, 6.45) is 7.63. The van der Waals surface area contributed by atoms with Gasteiger partial charge in [-0.3, -0.25) is 0 Å². The van der Waals surface area contributed by atoms with E-state index in [1.165, 1.54) is 19.3 Å². The van der Waals surface area contributed by atoms with Crippen molar-refractivity contribution in [3.8, 4) is 11.4 Å². The van der Waals surface area contributed by atoms with Gasteiger partial charge in [-0.2, -0.15) is 0 Å². The van der Waals surface area contributed by atoms with Gasteiger partial charge < -0.3 is 5.32 Å². The molecule has 0 spiro atoms. The molecule has 0 amide bonds. The molecular weight excluding hydrogens is 258 g/mol. The van der Waals surface area contributed by atoms with Gasteiger partial charge in [0, 0.05) is 11.6 Å². The standard InChI is InChI=1S/C18H23N3/c1-13-8-14(2)10-16(9-13)21-17-11-19-18(20-12-17)15-6-4-3-5-7-15/h3-7,11-14,16,21H,8-10H2,1-2H3. The monoisotopic (exact) mass is 281 g/mol. The summed E-state index contributed by atoms with van der Waals surface area (Å²) in [5, 5.41) is 3.60. The van der Waals surface area contributed by atoms with E-state index in [0.717, 1.165) is 28.9 Å². The number of anilines is 1. The van der Waals surface area contributed by atoms with Crippen molar-refractivity contribution >= 4 is 5.69 Å². The van der Waals surface area contributed by atoms with Gasteiger partial charge in [-0.1, -0.05) is 44.2 Å². The van der Waals surface area contributed by atoms with Crippen LogP contribution in [0.3, 0.4) is 0 Å². The largest absolute Gasteiger partial charge is 0.380 e. The normalized spacial score (nSPS) is 25.5. The first-order valence-electron chi connectivity index (χ1n) is 7.84. The van der Waals surface area contributed by atoms with Gasteiger partial charge in [0.05, 0.1) is 18.1 Å². The highest BCUT2D eigenvalue weighted by Crippen LogP contribution is 2.30. The molecule has 2 atom stereocenters. The van der Waals surface area contributed by atoms with E-state index < -0.39 is 0 Å². The van der Waals surface area contributed by atoms with Gasteiger partial charge in [0.15, 0.2) is 5.82 Å². The molecule has 1 aliphatic rings. The van der Waals surface area contributed by atoms with Crippen LogP contribution in [0.5, 0.6) is 0 Å². The van der Waals surface area contributed by atoms with Crippen LogP contribution in [0.25, 0.3) is 11.4 Å². The van der Waals surface area contributed by atoms with Crippen molar-refractivity contribution < 1.29 is 0 Å². The molecule has 1 aliphatic carbocycles. The Bertz CT molecular complexity index is 555. The van der Waals surface area contributed by atoms with Gasteiger partial charge in [0.2, 0.25) is 0 Å². The third kappa shape index (κ3) is 3.60. The molecule has 0 saturated heterocycles. The van der Waals surface area contributed by atoms with E-state index in [9.17, 15) is 0 Å². The molecule has 1 heterocycles. The summed E-state index contributed by atoms with van der Waals surface area (Å²) in [4.78, 5) is 8.96. The van der Waals surface area contributed by atoms with Crippen molar-refractivity contribution in [2.45, 2.75) is 39.2 Å². The van der Waals surface area contributed by atoms with Crippen molar-refractivity contribution in [3.05, 3.63) is 42.7 Å². The summed E-state index contributed by atoms with van der Waals surface area (Å²) >= 11 is 0. The Kier molecular flexibility index (Phi) is 4.18. The van der Waals surface area contributed by atoms with Crippen LogP contribution >= 0.6 is 0 Å². The molecule has 1 aromatic heterocycles. The zero-order chi connectivity index (χ0) is 14.7. The first-order chi connectivity index (χ1) is 10.2. The second-order valence-electron chi connectivity index (χ2n) is 6.42. The van der Waals surface area contributed by atoms with Crippen LogP contribution in [-0.4, -0.2) is 16.0 Å².